The molecule has 1 N–H and O–H groups in total. The van der Waals surface area contributed by atoms with Crippen LogP contribution in [0.2, 0.25) is 0 Å². The van der Waals surface area contributed by atoms with E-state index in [4.69, 9.17) is 0 Å². The summed E-state index contributed by atoms with van der Waals surface area (Å²) in [6.45, 7) is 6.00. The van der Waals surface area contributed by atoms with Crippen LogP contribution in [0, 0.1) is 6.92 Å². The molecule has 7 nitrogen and oxygen atoms in total. The molecule has 1 unspecified atom stereocenters. The van der Waals surface area contributed by atoms with E-state index >= 15 is 0 Å². The van der Waals surface area contributed by atoms with Crippen LogP contribution in [0.3, 0.4) is 0 Å². The molecule has 0 fully saturated rings. The molecule has 35 heavy (non-hydrogen) atoms. The van der Waals surface area contributed by atoms with Crippen LogP contribution in [0.5, 0.6) is 0 Å². The van der Waals surface area contributed by atoms with Gasteiger partial charge in [-0.05, 0) is 64.4 Å². The Morgan fingerprint density at radius 2 is 1.91 bits per heavy atom. The maximum absolute atomic E-state index is 13.0. The van der Waals surface area contributed by atoms with Crippen LogP contribution in [0.4, 0.5) is 0 Å². The van der Waals surface area contributed by atoms with Gasteiger partial charge in [0.15, 0.2) is 5.82 Å². The van der Waals surface area contributed by atoms with Gasteiger partial charge >= 0.3 is 0 Å². The maximum Gasteiger partial charge on any atom is 0.252 e. The molecule has 5 rings (SSSR count). The van der Waals surface area contributed by atoms with E-state index in [2.05, 4.69) is 75.0 Å². The van der Waals surface area contributed by atoms with Gasteiger partial charge in [0.25, 0.3) is 5.56 Å². The lowest BCUT2D eigenvalue weighted by molar-refractivity contribution is 0.163. The fraction of sp³-hybridized carbons (Fsp3) is 0.259. The first-order valence-electron chi connectivity index (χ1n) is 11.8. The summed E-state index contributed by atoms with van der Waals surface area (Å²) in [5.41, 5.74) is 3.84. The Labute approximate surface area is 208 Å². The highest BCUT2D eigenvalue weighted by Gasteiger charge is 2.26. The zero-order valence-electron chi connectivity index (χ0n) is 19.9. The average molecular weight is 485 g/mol. The Bertz CT molecular complexity index is 1460. The standard InChI is InChI=1S/C27H28N6OS/c1-3-25(26-29-30-31-33(26)16-20-8-5-4-6-9-20)32(18-23-10-7-13-35-23)17-22-15-21-14-19(2)11-12-24(21)28-27(22)34/h4-15,25H,3,16-18H2,1-2H3,(H,28,34). The average Bonchev–Trinajstić information content (AvgIpc) is 3.54. The monoisotopic (exact) mass is 484 g/mol. The largest absolute Gasteiger partial charge is 0.322 e. The van der Waals surface area contributed by atoms with E-state index in [1.807, 2.05) is 41.1 Å². The van der Waals surface area contributed by atoms with Gasteiger partial charge in [-0.1, -0.05) is 55.0 Å². The number of aromatic amines is 1. The van der Waals surface area contributed by atoms with Gasteiger partial charge in [-0.2, -0.15) is 0 Å². The van der Waals surface area contributed by atoms with Crippen LogP contribution >= 0.6 is 11.3 Å². The maximum atomic E-state index is 13.0. The fourth-order valence-corrected chi connectivity index (χ4v) is 5.24. The summed E-state index contributed by atoms with van der Waals surface area (Å²) < 4.78 is 1.87. The lowest BCUT2D eigenvalue weighted by Gasteiger charge is -2.30. The van der Waals surface area contributed by atoms with E-state index in [0.29, 0.717) is 19.6 Å². The van der Waals surface area contributed by atoms with Crippen LogP contribution in [-0.4, -0.2) is 30.1 Å². The Balaban J connectivity index is 1.51. The van der Waals surface area contributed by atoms with Gasteiger partial charge in [0.2, 0.25) is 0 Å². The summed E-state index contributed by atoms with van der Waals surface area (Å²) in [6, 6.07) is 22.4. The van der Waals surface area contributed by atoms with E-state index in [1.165, 1.54) is 4.88 Å². The van der Waals surface area contributed by atoms with Gasteiger partial charge in [-0.25, -0.2) is 4.68 Å². The second-order valence-corrected chi connectivity index (χ2v) is 9.84. The van der Waals surface area contributed by atoms with Gasteiger partial charge in [0.05, 0.1) is 12.6 Å². The number of nitrogens with zero attached hydrogens (tertiary/aromatic N) is 5. The first kappa shape index (κ1) is 23.1. The smallest absolute Gasteiger partial charge is 0.252 e. The number of hydrogen-bond donors (Lipinski definition) is 1. The Morgan fingerprint density at radius 3 is 2.69 bits per heavy atom. The number of fused-ring (bicyclic) bond motifs is 1. The minimum absolute atomic E-state index is 0.0524. The fourth-order valence-electron chi connectivity index (χ4n) is 4.51. The molecule has 0 saturated carbocycles. The van der Waals surface area contributed by atoms with E-state index in [-0.39, 0.29) is 11.6 Å². The van der Waals surface area contributed by atoms with Crippen molar-refractivity contribution in [1.82, 2.24) is 30.1 Å². The molecule has 0 bridgehead atoms. The van der Waals surface area contributed by atoms with E-state index in [1.54, 1.807) is 11.3 Å². The molecular formula is C27H28N6OS. The molecule has 3 heterocycles. The second kappa shape index (κ2) is 10.3. The molecule has 0 radical (unpaired) electrons. The topological polar surface area (TPSA) is 79.7 Å². The third-order valence-corrected chi connectivity index (χ3v) is 7.11. The zero-order chi connectivity index (χ0) is 24.2. The normalized spacial score (nSPS) is 12.4. The number of thiophene rings is 1. The summed E-state index contributed by atoms with van der Waals surface area (Å²) in [6.07, 6.45) is 0.811. The van der Waals surface area contributed by atoms with Crippen LogP contribution in [0.25, 0.3) is 10.9 Å². The van der Waals surface area contributed by atoms with Crippen molar-refractivity contribution in [2.75, 3.05) is 0 Å². The highest BCUT2D eigenvalue weighted by molar-refractivity contribution is 7.09. The summed E-state index contributed by atoms with van der Waals surface area (Å²) in [5, 5.41) is 15.9. The molecule has 0 amide bonds. The second-order valence-electron chi connectivity index (χ2n) is 8.80. The third kappa shape index (κ3) is 5.23. The lowest BCUT2D eigenvalue weighted by Crippen LogP contribution is -2.32. The third-order valence-electron chi connectivity index (χ3n) is 6.25. The highest BCUT2D eigenvalue weighted by Crippen LogP contribution is 2.28. The van der Waals surface area contributed by atoms with Crippen LogP contribution in [0.1, 0.15) is 46.8 Å². The number of aromatic nitrogens is 5. The van der Waals surface area contributed by atoms with Crippen molar-refractivity contribution < 1.29 is 0 Å². The van der Waals surface area contributed by atoms with Gasteiger partial charge in [0, 0.05) is 29.0 Å². The number of rotatable bonds is 9. The predicted molar refractivity (Wildman–Crippen MR) is 139 cm³/mol. The molecule has 0 spiro atoms. The van der Waals surface area contributed by atoms with E-state index in [9.17, 15) is 4.79 Å². The minimum Gasteiger partial charge on any atom is -0.322 e. The molecule has 0 aliphatic carbocycles. The first-order valence-corrected chi connectivity index (χ1v) is 12.7. The molecule has 5 aromatic rings. The summed E-state index contributed by atoms with van der Waals surface area (Å²) >= 11 is 1.72. The minimum atomic E-state index is -0.0590. The van der Waals surface area contributed by atoms with Crippen molar-refractivity contribution in [3.63, 3.8) is 0 Å². The zero-order valence-corrected chi connectivity index (χ0v) is 20.7. The van der Waals surface area contributed by atoms with Crippen LogP contribution < -0.4 is 5.56 Å². The van der Waals surface area contributed by atoms with Crippen molar-refractivity contribution in [2.24, 2.45) is 0 Å². The molecule has 0 aliphatic rings. The predicted octanol–water partition coefficient (Wildman–Crippen LogP) is 5.09. The van der Waals surface area contributed by atoms with Crippen molar-refractivity contribution in [2.45, 2.75) is 45.9 Å². The highest BCUT2D eigenvalue weighted by atomic mass is 32.1. The van der Waals surface area contributed by atoms with Crippen LogP contribution in [-0.2, 0) is 19.6 Å². The number of aryl methyl sites for hydroxylation is 1. The number of H-pyrrole nitrogens is 1. The number of hydrogen-bond acceptors (Lipinski definition) is 6. The van der Waals surface area contributed by atoms with E-state index < -0.39 is 0 Å². The van der Waals surface area contributed by atoms with Crippen molar-refractivity contribution in [3.8, 4) is 0 Å². The Morgan fingerprint density at radius 1 is 1.06 bits per heavy atom. The lowest BCUT2D eigenvalue weighted by atomic mass is 10.1. The molecule has 0 aliphatic heterocycles. The number of nitrogens with one attached hydrogen (secondary N) is 1. The van der Waals surface area contributed by atoms with Crippen molar-refractivity contribution in [1.29, 1.82) is 0 Å². The quantitative estimate of drug-likeness (QED) is 0.315. The SMILES string of the molecule is CCC(c1nnnn1Cc1ccccc1)N(Cc1cccs1)Cc1cc2cc(C)ccc2[nH]c1=O. The molecule has 0 saturated heterocycles. The number of tetrazole rings is 1. The van der Waals surface area contributed by atoms with Crippen LogP contribution in [0.15, 0.2) is 76.9 Å². The molecule has 3 aromatic heterocycles. The van der Waals surface area contributed by atoms with Gasteiger partial charge in [0.1, 0.15) is 0 Å². The molecule has 2 aromatic carbocycles. The molecular weight excluding hydrogens is 456 g/mol. The molecule has 8 heteroatoms. The summed E-state index contributed by atoms with van der Waals surface area (Å²) in [4.78, 5) is 19.6. The number of pyridine rings is 1. The summed E-state index contributed by atoms with van der Waals surface area (Å²) in [7, 11) is 0. The van der Waals surface area contributed by atoms with E-state index in [0.717, 1.165) is 39.8 Å². The van der Waals surface area contributed by atoms with Crippen molar-refractivity contribution >= 4 is 22.2 Å². The number of benzene rings is 2. The Hall–Kier alpha value is -3.62. The van der Waals surface area contributed by atoms with Crippen molar-refractivity contribution in [3.05, 3.63) is 110 Å². The van der Waals surface area contributed by atoms with Gasteiger partial charge in [-0.3, -0.25) is 9.69 Å². The molecule has 178 valence electrons. The first-order chi connectivity index (χ1) is 17.1. The van der Waals surface area contributed by atoms with Gasteiger partial charge < -0.3 is 4.98 Å². The summed E-state index contributed by atoms with van der Waals surface area (Å²) in [5.74, 6) is 0.806. The Kier molecular flexibility index (Phi) is 6.83. The molecule has 1 atom stereocenters. The van der Waals surface area contributed by atoms with Gasteiger partial charge in [-0.15, -0.1) is 16.4 Å².